The van der Waals surface area contributed by atoms with Crippen LogP contribution in [0.25, 0.3) is 5.69 Å². The number of alkyl halides is 3. The minimum Gasteiger partial charge on any atom is -0.379 e. The van der Waals surface area contributed by atoms with Crippen molar-refractivity contribution in [3.05, 3.63) is 56.4 Å². The van der Waals surface area contributed by atoms with Crippen molar-refractivity contribution in [2.75, 3.05) is 32.8 Å². The number of morpholine rings is 1. The Morgan fingerprint density at radius 3 is 2.55 bits per heavy atom. The van der Waals surface area contributed by atoms with E-state index in [0.29, 0.717) is 30.9 Å². The van der Waals surface area contributed by atoms with Crippen molar-refractivity contribution in [3.8, 4) is 11.8 Å². The summed E-state index contributed by atoms with van der Waals surface area (Å²) in [4.78, 5) is 27.2. The third-order valence-electron chi connectivity index (χ3n) is 4.54. The highest BCUT2D eigenvalue weighted by atomic mass is 19.4. The van der Waals surface area contributed by atoms with Crippen molar-refractivity contribution in [2.24, 2.45) is 0 Å². The van der Waals surface area contributed by atoms with Crippen LogP contribution in [-0.4, -0.2) is 52.1 Å². The Morgan fingerprint density at radius 1 is 1.17 bits per heavy atom. The first-order valence-electron chi connectivity index (χ1n) is 8.93. The first-order valence-corrected chi connectivity index (χ1v) is 8.93. The monoisotopic (exact) mass is 409 g/mol. The van der Waals surface area contributed by atoms with Gasteiger partial charge in [0.25, 0.3) is 5.56 Å². The quantitative estimate of drug-likeness (QED) is 0.732. The lowest BCUT2D eigenvalue weighted by molar-refractivity contribution is -0.137. The molecule has 154 valence electrons. The summed E-state index contributed by atoms with van der Waals surface area (Å²) in [5.41, 5.74) is -3.46. The fourth-order valence-corrected chi connectivity index (χ4v) is 3.04. The number of aromatic nitrogens is 3. The standard InChI is InChI=1S/C18H18F3N5O3/c19-18(20,21)13-3-1-4-14(11-13)26-17(28)25(16(27)15(12-22)23-26)6-2-5-24-7-9-29-10-8-24/h1,3-4,11H,2,5-10H2. The molecule has 29 heavy (non-hydrogen) atoms. The first-order chi connectivity index (χ1) is 13.8. The number of hydrogen-bond acceptors (Lipinski definition) is 6. The van der Waals surface area contributed by atoms with Crippen LogP contribution in [0.2, 0.25) is 0 Å². The van der Waals surface area contributed by atoms with Crippen molar-refractivity contribution in [1.29, 1.82) is 5.26 Å². The van der Waals surface area contributed by atoms with Crippen LogP contribution in [0.4, 0.5) is 13.2 Å². The summed E-state index contributed by atoms with van der Waals surface area (Å²) >= 11 is 0. The normalized spacial score (nSPS) is 15.2. The lowest BCUT2D eigenvalue weighted by atomic mass is 10.2. The maximum atomic E-state index is 13.0. The van der Waals surface area contributed by atoms with E-state index in [1.54, 1.807) is 6.07 Å². The minimum atomic E-state index is -4.61. The van der Waals surface area contributed by atoms with E-state index < -0.39 is 28.7 Å². The van der Waals surface area contributed by atoms with Gasteiger partial charge in [-0.2, -0.15) is 23.1 Å². The summed E-state index contributed by atoms with van der Waals surface area (Å²) in [7, 11) is 0. The highest BCUT2D eigenvalue weighted by molar-refractivity contribution is 5.36. The van der Waals surface area contributed by atoms with Gasteiger partial charge in [0.05, 0.1) is 24.5 Å². The van der Waals surface area contributed by atoms with Crippen LogP contribution in [0.3, 0.4) is 0 Å². The molecule has 0 bridgehead atoms. The van der Waals surface area contributed by atoms with Crippen LogP contribution in [0.15, 0.2) is 33.9 Å². The van der Waals surface area contributed by atoms with Gasteiger partial charge < -0.3 is 4.74 Å². The molecule has 1 aromatic heterocycles. The van der Waals surface area contributed by atoms with Gasteiger partial charge in [0.15, 0.2) is 0 Å². The summed E-state index contributed by atoms with van der Waals surface area (Å²) < 4.78 is 45.7. The van der Waals surface area contributed by atoms with Gasteiger partial charge in [-0.15, -0.1) is 5.10 Å². The second-order valence-electron chi connectivity index (χ2n) is 6.47. The number of ether oxygens (including phenoxy) is 1. The zero-order valence-electron chi connectivity index (χ0n) is 15.4. The molecule has 0 N–H and O–H groups in total. The predicted molar refractivity (Wildman–Crippen MR) is 95.7 cm³/mol. The fourth-order valence-electron chi connectivity index (χ4n) is 3.04. The molecule has 1 aliphatic rings. The third kappa shape index (κ3) is 4.72. The van der Waals surface area contributed by atoms with E-state index >= 15 is 0 Å². The average molecular weight is 409 g/mol. The predicted octanol–water partition coefficient (Wildman–Crippen LogP) is 1.01. The summed E-state index contributed by atoms with van der Waals surface area (Å²) in [5.74, 6) is 0. The summed E-state index contributed by atoms with van der Waals surface area (Å²) in [5, 5.41) is 12.8. The van der Waals surface area contributed by atoms with Gasteiger partial charge in [-0.1, -0.05) is 6.07 Å². The van der Waals surface area contributed by atoms with E-state index in [1.807, 2.05) is 0 Å². The number of nitrogens with zero attached hydrogens (tertiary/aromatic N) is 5. The van der Waals surface area contributed by atoms with Crippen LogP contribution in [0.5, 0.6) is 0 Å². The molecule has 0 radical (unpaired) electrons. The number of benzene rings is 1. The van der Waals surface area contributed by atoms with Gasteiger partial charge in [-0.05, 0) is 24.6 Å². The second-order valence-corrected chi connectivity index (χ2v) is 6.47. The van der Waals surface area contributed by atoms with Gasteiger partial charge >= 0.3 is 11.9 Å². The van der Waals surface area contributed by atoms with Crippen LogP contribution < -0.4 is 11.2 Å². The van der Waals surface area contributed by atoms with Crippen molar-refractivity contribution in [2.45, 2.75) is 19.1 Å². The lowest BCUT2D eigenvalue weighted by Crippen LogP contribution is -2.43. The molecule has 0 unspecified atom stereocenters. The molecule has 2 heterocycles. The van der Waals surface area contributed by atoms with Crippen molar-refractivity contribution in [1.82, 2.24) is 19.2 Å². The summed E-state index contributed by atoms with van der Waals surface area (Å²) in [6.07, 6.45) is -4.16. The molecule has 0 saturated carbocycles. The van der Waals surface area contributed by atoms with E-state index in [0.717, 1.165) is 35.9 Å². The molecule has 1 aliphatic heterocycles. The Hall–Kier alpha value is -2.97. The maximum absolute atomic E-state index is 13.0. The Bertz CT molecular complexity index is 1030. The molecule has 1 aromatic carbocycles. The number of halogens is 3. The van der Waals surface area contributed by atoms with Crippen LogP contribution in [0, 0.1) is 11.3 Å². The summed E-state index contributed by atoms with van der Waals surface area (Å²) in [6.45, 7) is 3.33. The molecule has 3 rings (SSSR count). The number of rotatable bonds is 5. The van der Waals surface area contributed by atoms with Gasteiger partial charge in [0.2, 0.25) is 5.69 Å². The molecular formula is C18H18F3N5O3. The topological polar surface area (TPSA) is 93.2 Å². The molecule has 0 aliphatic carbocycles. The van der Waals surface area contributed by atoms with E-state index in [-0.39, 0.29) is 12.2 Å². The molecule has 0 atom stereocenters. The van der Waals surface area contributed by atoms with Gasteiger partial charge in [-0.25, -0.2) is 4.79 Å². The Balaban J connectivity index is 1.93. The molecule has 1 saturated heterocycles. The molecule has 11 heteroatoms. The molecule has 2 aromatic rings. The SMILES string of the molecule is N#Cc1nn(-c2cccc(C(F)(F)F)c2)c(=O)n(CCCN2CCOCC2)c1=O. The van der Waals surface area contributed by atoms with E-state index in [1.165, 1.54) is 6.07 Å². The zero-order valence-corrected chi connectivity index (χ0v) is 15.4. The molecule has 1 fully saturated rings. The number of nitriles is 1. The van der Waals surface area contributed by atoms with Gasteiger partial charge in [0, 0.05) is 26.2 Å². The van der Waals surface area contributed by atoms with Crippen LogP contribution >= 0.6 is 0 Å². The first kappa shape index (κ1) is 20.8. The van der Waals surface area contributed by atoms with Crippen LogP contribution in [0.1, 0.15) is 17.7 Å². The van der Waals surface area contributed by atoms with E-state index in [2.05, 4.69) is 10.00 Å². The molecular weight excluding hydrogens is 391 g/mol. The van der Waals surface area contributed by atoms with Crippen molar-refractivity contribution in [3.63, 3.8) is 0 Å². The number of hydrogen-bond donors (Lipinski definition) is 0. The molecule has 0 amide bonds. The van der Waals surface area contributed by atoms with Gasteiger partial charge in [0.1, 0.15) is 6.07 Å². The molecule has 0 spiro atoms. The van der Waals surface area contributed by atoms with Crippen LogP contribution in [-0.2, 0) is 17.5 Å². The smallest absolute Gasteiger partial charge is 0.379 e. The lowest BCUT2D eigenvalue weighted by Gasteiger charge is -2.26. The van der Waals surface area contributed by atoms with Gasteiger partial charge in [-0.3, -0.25) is 14.3 Å². The average Bonchev–Trinajstić information content (AvgIpc) is 2.71. The van der Waals surface area contributed by atoms with Crippen molar-refractivity contribution >= 4 is 0 Å². The zero-order chi connectivity index (χ0) is 21.0. The third-order valence-corrected chi connectivity index (χ3v) is 4.54. The Morgan fingerprint density at radius 2 is 1.90 bits per heavy atom. The molecule has 8 nitrogen and oxygen atoms in total. The Labute approximate surface area is 163 Å². The fraction of sp³-hybridized carbons (Fsp3) is 0.444. The minimum absolute atomic E-state index is 0.0190. The van der Waals surface area contributed by atoms with E-state index in [4.69, 9.17) is 4.74 Å². The summed E-state index contributed by atoms with van der Waals surface area (Å²) in [6, 6.07) is 5.60. The van der Waals surface area contributed by atoms with Crippen molar-refractivity contribution < 1.29 is 17.9 Å². The highest BCUT2D eigenvalue weighted by Crippen LogP contribution is 2.29. The largest absolute Gasteiger partial charge is 0.416 e. The van der Waals surface area contributed by atoms with E-state index in [9.17, 15) is 28.0 Å². The maximum Gasteiger partial charge on any atom is 0.416 e. The Kier molecular flexibility index (Phi) is 6.14. The second kappa shape index (κ2) is 8.59. The highest BCUT2D eigenvalue weighted by Gasteiger charge is 2.30.